The molecule has 14 heavy (non-hydrogen) atoms. The minimum atomic E-state index is 0.0606. The third kappa shape index (κ3) is 5.57. The molecule has 0 radical (unpaired) electrons. The van der Waals surface area contributed by atoms with E-state index in [0.29, 0.717) is 6.54 Å². The van der Waals surface area contributed by atoms with Gasteiger partial charge in [-0.05, 0) is 33.1 Å². The van der Waals surface area contributed by atoms with Crippen LogP contribution in [0, 0.1) is 5.92 Å². The predicted molar refractivity (Wildman–Crippen MR) is 61.0 cm³/mol. The SMILES string of the molecule is C=CCCC(CC(=C)C)C(=O)NCC. The van der Waals surface area contributed by atoms with E-state index in [1.807, 2.05) is 19.9 Å². The summed E-state index contributed by atoms with van der Waals surface area (Å²) < 4.78 is 0. The normalized spacial score (nSPS) is 11.9. The van der Waals surface area contributed by atoms with Gasteiger partial charge in [0.05, 0.1) is 0 Å². The first kappa shape index (κ1) is 12.9. The van der Waals surface area contributed by atoms with Crippen molar-refractivity contribution >= 4 is 5.91 Å². The predicted octanol–water partition coefficient (Wildman–Crippen LogP) is 2.67. The molecule has 0 saturated heterocycles. The van der Waals surface area contributed by atoms with Crippen LogP contribution in [0.3, 0.4) is 0 Å². The fraction of sp³-hybridized carbons (Fsp3) is 0.583. The number of rotatable bonds is 7. The summed E-state index contributed by atoms with van der Waals surface area (Å²) in [5.41, 5.74) is 1.06. The quantitative estimate of drug-likeness (QED) is 0.622. The van der Waals surface area contributed by atoms with Crippen LogP contribution < -0.4 is 5.32 Å². The molecule has 0 aliphatic heterocycles. The maximum absolute atomic E-state index is 11.6. The van der Waals surface area contributed by atoms with Crippen LogP contribution in [0.1, 0.15) is 33.1 Å². The van der Waals surface area contributed by atoms with Crippen LogP contribution in [0.25, 0.3) is 0 Å². The fourth-order valence-electron chi connectivity index (χ4n) is 1.38. The van der Waals surface area contributed by atoms with E-state index >= 15 is 0 Å². The maximum atomic E-state index is 11.6. The highest BCUT2D eigenvalue weighted by atomic mass is 16.1. The zero-order valence-corrected chi connectivity index (χ0v) is 9.31. The Bertz CT molecular complexity index is 208. The van der Waals surface area contributed by atoms with Crippen LogP contribution in [-0.4, -0.2) is 12.5 Å². The molecule has 0 spiro atoms. The summed E-state index contributed by atoms with van der Waals surface area (Å²) in [6, 6.07) is 0. The highest BCUT2D eigenvalue weighted by Crippen LogP contribution is 2.16. The molecule has 0 fully saturated rings. The Balaban J connectivity index is 4.14. The number of carbonyl (C=O) groups is 1. The first-order chi connectivity index (χ1) is 6.61. The van der Waals surface area contributed by atoms with Crippen molar-refractivity contribution in [3.63, 3.8) is 0 Å². The highest BCUT2D eigenvalue weighted by Gasteiger charge is 2.16. The van der Waals surface area contributed by atoms with E-state index in [0.717, 1.165) is 24.8 Å². The lowest BCUT2D eigenvalue weighted by atomic mass is 9.95. The van der Waals surface area contributed by atoms with Crippen LogP contribution in [0.5, 0.6) is 0 Å². The monoisotopic (exact) mass is 195 g/mol. The average Bonchev–Trinajstić information content (AvgIpc) is 2.12. The maximum Gasteiger partial charge on any atom is 0.223 e. The molecule has 0 aliphatic carbocycles. The number of allylic oxidation sites excluding steroid dienone is 2. The van der Waals surface area contributed by atoms with Crippen molar-refractivity contribution in [1.82, 2.24) is 5.32 Å². The van der Waals surface area contributed by atoms with Gasteiger partial charge in [-0.2, -0.15) is 0 Å². The van der Waals surface area contributed by atoms with Crippen molar-refractivity contribution in [2.75, 3.05) is 6.54 Å². The first-order valence-electron chi connectivity index (χ1n) is 5.14. The minimum Gasteiger partial charge on any atom is -0.356 e. The van der Waals surface area contributed by atoms with E-state index in [1.54, 1.807) is 0 Å². The number of carbonyl (C=O) groups excluding carboxylic acids is 1. The molecule has 0 rings (SSSR count). The lowest BCUT2D eigenvalue weighted by Gasteiger charge is -2.15. The third-order valence-electron chi connectivity index (χ3n) is 2.04. The largest absolute Gasteiger partial charge is 0.356 e. The van der Waals surface area contributed by atoms with Crippen LogP contribution in [-0.2, 0) is 4.79 Å². The molecule has 0 heterocycles. The van der Waals surface area contributed by atoms with Gasteiger partial charge < -0.3 is 5.32 Å². The van der Waals surface area contributed by atoms with Gasteiger partial charge in [0.1, 0.15) is 0 Å². The average molecular weight is 195 g/mol. The Hall–Kier alpha value is -1.05. The Kier molecular flexibility index (Phi) is 6.81. The summed E-state index contributed by atoms with van der Waals surface area (Å²) in [4.78, 5) is 11.6. The topological polar surface area (TPSA) is 29.1 Å². The van der Waals surface area contributed by atoms with Crippen LogP contribution in [0.15, 0.2) is 24.8 Å². The molecule has 0 aromatic carbocycles. The van der Waals surface area contributed by atoms with Gasteiger partial charge in [0.2, 0.25) is 5.91 Å². The van der Waals surface area contributed by atoms with Gasteiger partial charge in [0.25, 0.3) is 0 Å². The van der Waals surface area contributed by atoms with Gasteiger partial charge >= 0.3 is 0 Å². The number of hydrogen-bond acceptors (Lipinski definition) is 1. The molecule has 1 atom stereocenters. The zero-order chi connectivity index (χ0) is 11.0. The van der Waals surface area contributed by atoms with Crippen LogP contribution in [0.2, 0.25) is 0 Å². The molecule has 1 N–H and O–H groups in total. The fourth-order valence-corrected chi connectivity index (χ4v) is 1.38. The minimum absolute atomic E-state index is 0.0606. The van der Waals surface area contributed by atoms with E-state index in [-0.39, 0.29) is 11.8 Å². The molecule has 1 unspecified atom stereocenters. The van der Waals surface area contributed by atoms with Crippen molar-refractivity contribution in [2.45, 2.75) is 33.1 Å². The lowest BCUT2D eigenvalue weighted by Crippen LogP contribution is -2.30. The summed E-state index contributed by atoms with van der Waals surface area (Å²) in [5.74, 6) is 0.197. The van der Waals surface area contributed by atoms with Crippen LogP contribution >= 0.6 is 0 Å². The Morgan fingerprint density at radius 1 is 1.57 bits per heavy atom. The summed E-state index contributed by atoms with van der Waals surface area (Å²) in [7, 11) is 0. The summed E-state index contributed by atoms with van der Waals surface area (Å²) in [6.07, 6.45) is 4.38. The van der Waals surface area contributed by atoms with Gasteiger partial charge in [0.15, 0.2) is 0 Å². The molecule has 0 bridgehead atoms. The van der Waals surface area contributed by atoms with Gasteiger partial charge in [-0.25, -0.2) is 0 Å². The third-order valence-corrected chi connectivity index (χ3v) is 2.04. The Morgan fingerprint density at radius 2 is 2.21 bits per heavy atom. The van der Waals surface area contributed by atoms with Crippen LogP contribution in [0.4, 0.5) is 0 Å². The molecule has 0 aliphatic rings. The number of nitrogens with one attached hydrogen (secondary N) is 1. The van der Waals surface area contributed by atoms with Crippen molar-refractivity contribution in [3.05, 3.63) is 24.8 Å². The molecular formula is C12H21NO. The summed E-state index contributed by atoms with van der Waals surface area (Å²) in [6.45, 7) is 12.1. The van der Waals surface area contributed by atoms with E-state index in [9.17, 15) is 4.79 Å². The molecular weight excluding hydrogens is 174 g/mol. The van der Waals surface area contributed by atoms with Crippen molar-refractivity contribution in [1.29, 1.82) is 0 Å². The van der Waals surface area contributed by atoms with E-state index in [4.69, 9.17) is 0 Å². The second-order valence-corrected chi connectivity index (χ2v) is 3.62. The van der Waals surface area contributed by atoms with Crippen molar-refractivity contribution in [3.8, 4) is 0 Å². The van der Waals surface area contributed by atoms with Crippen molar-refractivity contribution in [2.24, 2.45) is 5.92 Å². The molecule has 0 saturated carbocycles. The number of hydrogen-bond donors (Lipinski definition) is 1. The van der Waals surface area contributed by atoms with Gasteiger partial charge in [-0.1, -0.05) is 11.6 Å². The zero-order valence-electron chi connectivity index (χ0n) is 9.31. The first-order valence-corrected chi connectivity index (χ1v) is 5.14. The Labute approximate surface area is 87.1 Å². The second kappa shape index (κ2) is 7.36. The van der Waals surface area contributed by atoms with Gasteiger partial charge in [0, 0.05) is 12.5 Å². The molecule has 2 heteroatoms. The van der Waals surface area contributed by atoms with E-state index < -0.39 is 0 Å². The number of amides is 1. The van der Waals surface area contributed by atoms with Crippen molar-refractivity contribution < 1.29 is 4.79 Å². The molecule has 1 amide bonds. The summed E-state index contributed by atoms with van der Waals surface area (Å²) in [5, 5.41) is 2.85. The molecule has 0 aromatic rings. The smallest absolute Gasteiger partial charge is 0.223 e. The Morgan fingerprint density at radius 3 is 2.64 bits per heavy atom. The lowest BCUT2D eigenvalue weighted by molar-refractivity contribution is -0.125. The standard InChI is InChI=1S/C12H21NO/c1-5-7-8-11(9-10(3)4)12(14)13-6-2/h5,11H,1,3,6-9H2,2,4H3,(H,13,14). The van der Waals surface area contributed by atoms with E-state index in [1.165, 1.54) is 0 Å². The van der Waals surface area contributed by atoms with Gasteiger partial charge in [-0.3, -0.25) is 4.79 Å². The molecule has 2 nitrogen and oxygen atoms in total. The molecule has 0 aromatic heterocycles. The highest BCUT2D eigenvalue weighted by molar-refractivity contribution is 5.78. The second-order valence-electron chi connectivity index (χ2n) is 3.62. The summed E-state index contributed by atoms with van der Waals surface area (Å²) >= 11 is 0. The molecule has 80 valence electrons. The van der Waals surface area contributed by atoms with Gasteiger partial charge in [-0.15, -0.1) is 13.2 Å². The van der Waals surface area contributed by atoms with E-state index in [2.05, 4.69) is 18.5 Å².